The largest absolute Gasteiger partial charge is 0.391 e. The molecular formula is C15H19NO2. The van der Waals surface area contributed by atoms with E-state index in [1.807, 2.05) is 30.3 Å². The lowest BCUT2D eigenvalue weighted by Crippen LogP contribution is -2.56. The normalized spacial score (nSPS) is 35.1. The average molecular weight is 245 g/mol. The molecule has 0 bridgehead atoms. The van der Waals surface area contributed by atoms with Gasteiger partial charge in [-0.3, -0.25) is 4.79 Å². The van der Waals surface area contributed by atoms with Gasteiger partial charge >= 0.3 is 0 Å². The van der Waals surface area contributed by atoms with Crippen LogP contribution in [0.5, 0.6) is 0 Å². The van der Waals surface area contributed by atoms with E-state index in [4.69, 9.17) is 0 Å². The van der Waals surface area contributed by atoms with Crippen molar-refractivity contribution in [3.05, 3.63) is 35.9 Å². The number of piperidine rings is 1. The van der Waals surface area contributed by atoms with Crippen molar-refractivity contribution in [1.82, 2.24) is 5.32 Å². The highest BCUT2D eigenvalue weighted by Gasteiger charge is 2.45. The second-order valence-corrected chi connectivity index (χ2v) is 5.50. The molecule has 2 fully saturated rings. The van der Waals surface area contributed by atoms with Crippen LogP contribution < -0.4 is 5.32 Å². The Labute approximate surface area is 107 Å². The first kappa shape index (κ1) is 11.7. The van der Waals surface area contributed by atoms with Crippen LogP contribution in [0.2, 0.25) is 0 Å². The molecule has 1 aliphatic carbocycles. The summed E-state index contributed by atoms with van der Waals surface area (Å²) < 4.78 is 0. The summed E-state index contributed by atoms with van der Waals surface area (Å²) in [7, 11) is 0. The molecule has 3 heteroatoms. The van der Waals surface area contributed by atoms with Gasteiger partial charge in [0.15, 0.2) is 0 Å². The third-order valence-corrected chi connectivity index (χ3v) is 4.38. The minimum Gasteiger partial charge on any atom is -0.391 e. The molecule has 2 aliphatic rings. The molecule has 96 valence electrons. The van der Waals surface area contributed by atoms with E-state index in [2.05, 4.69) is 5.32 Å². The molecule has 1 amide bonds. The minimum absolute atomic E-state index is 0.0482. The predicted molar refractivity (Wildman–Crippen MR) is 68.9 cm³/mol. The van der Waals surface area contributed by atoms with E-state index in [-0.39, 0.29) is 23.8 Å². The lowest BCUT2D eigenvalue weighted by atomic mass is 9.80. The van der Waals surface area contributed by atoms with Crippen molar-refractivity contribution >= 4 is 5.91 Å². The molecule has 3 rings (SSSR count). The zero-order valence-electron chi connectivity index (χ0n) is 10.4. The first-order valence-electron chi connectivity index (χ1n) is 6.78. The summed E-state index contributed by atoms with van der Waals surface area (Å²) in [5.74, 6) is 0.364. The number of aliphatic hydroxyl groups excluding tert-OH is 1. The van der Waals surface area contributed by atoms with E-state index in [0.717, 1.165) is 25.7 Å². The van der Waals surface area contributed by atoms with Crippen LogP contribution in [0.4, 0.5) is 0 Å². The third kappa shape index (κ3) is 2.03. The number of hydrogen-bond acceptors (Lipinski definition) is 2. The number of carbonyl (C=O) groups excluding carboxylic acids is 1. The number of amides is 1. The van der Waals surface area contributed by atoms with E-state index in [0.29, 0.717) is 0 Å². The molecule has 4 atom stereocenters. The Morgan fingerprint density at radius 3 is 2.78 bits per heavy atom. The second kappa shape index (κ2) is 4.73. The summed E-state index contributed by atoms with van der Waals surface area (Å²) >= 11 is 0. The Morgan fingerprint density at radius 2 is 2.00 bits per heavy atom. The van der Waals surface area contributed by atoms with Crippen LogP contribution in [0.25, 0.3) is 0 Å². The minimum atomic E-state index is -0.393. The zero-order valence-corrected chi connectivity index (χ0v) is 10.4. The number of hydrogen-bond donors (Lipinski definition) is 2. The number of rotatable bonds is 2. The molecule has 0 radical (unpaired) electrons. The highest BCUT2D eigenvalue weighted by atomic mass is 16.3. The Kier molecular flexibility index (Phi) is 3.08. The zero-order chi connectivity index (χ0) is 12.5. The van der Waals surface area contributed by atoms with E-state index in [9.17, 15) is 9.90 Å². The Balaban J connectivity index is 1.75. The molecule has 1 aliphatic heterocycles. The molecule has 0 aromatic heterocycles. The van der Waals surface area contributed by atoms with Crippen LogP contribution in [-0.4, -0.2) is 23.2 Å². The van der Waals surface area contributed by atoms with Gasteiger partial charge in [-0.25, -0.2) is 0 Å². The van der Waals surface area contributed by atoms with Gasteiger partial charge < -0.3 is 10.4 Å². The number of aliphatic hydroxyl groups is 1. The summed E-state index contributed by atoms with van der Waals surface area (Å²) in [5.41, 5.74) is 1.17. The van der Waals surface area contributed by atoms with Gasteiger partial charge in [0, 0.05) is 5.92 Å². The fourth-order valence-corrected chi connectivity index (χ4v) is 3.44. The summed E-state index contributed by atoms with van der Waals surface area (Å²) in [6, 6.07) is 9.92. The van der Waals surface area contributed by atoms with E-state index >= 15 is 0 Å². The van der Waals surface area contributed by atoms with Gasteiger partial charge in [0.1, 0.15) is 0 Å². The van der Waals surface area contributed by atoms with Crippen LogP contribution >= 0.6 is 0 Å². The third-order valence-electron chi connectivity index (χ3n) is 4.38. The molecule has 1 saturated carbocycles. The molecule has 1 aromatic rings. The van der Waals surface area contributed by atoms with Gasteiger partial charge in [-0.15, -0.1) is 0 Å². The van der Waals surface area contributed by atoms with E-state index in [1.54, 1.807) is 0 Å². The van der Waals surface area contributed by atoms with Crippen LogP contribution in [0, 0.1) is 11.8 Å². The predicted octanol–water partition coefficient (Wildman–Crippen LogP) is 1.50. The van der Waals surface area contributed by atoms with Crippen molar-refractivity contribution in [1.29, 1.82) is 0 Å². The maximum atomic E-state index is 12.0. The van der Waals surface area contributed by atoms with Crippen molar-refractivity contribution < 1.29 is 9.90 Å². The lowest BCUT2D eigenvalue weighted by molar-refractivity contribution is -0.134. The summed E-state index contributed by atoms with van der Waals surface area (Å²) in [4.78, 5) is 12.0. The molecular weight excluding hydrogens is 226 g/mol. The fourth-order valence-electron chi connectivity index (χ4n) is 3.44. The number of fused-ring (bicyclic) bond motifs is 1. The van der Waals surface area contributed by atoms with Gasteiger partial charge in [-0.1, -0.05) is 36.8 Å². The standard InChI is InChI=1S/C15H19NO2/c17-14-11-7-4-8-12(11)15(18)16-13(14)9-10-5-2-1-3-6-10/h1-3,5-6,11-14,17H,4,7-9H2,(H,16,18)/t11-,12+,13-,14-/m0/s1. The maximum Gasteiger partial charge on any atom is 0.223 e. The second-order valence-electron chi connectivity index (χ2n) is 5.50. The molecule has 0 unspecified atom stereocenters. The van der Waals surface area contributed by atoms with Crippen molar-refractivity contribution in [2.24, 2.45) is 11.8 Å². The first-order valence-corrected chi connectivity index (χ1v) is 6.78. The molecule has 3 nitrogen and oxygen atoms in total. The number of benzene rings is 1. The summed E-state index contributed by atoms with van der Waals surface area (Å²) in [5, 5.41) is 13.4. The number of carbonyl (C=O) groups is 1. The highest BCUT2D eigenvalue weighted by molar-refractivity contribution is 5.80. The van der Waals surface area contributed by atoms with Crippen molar-refractivity contribution in [2.75, 3.05) is 0 Å². The van der Waals surface area contributed by atoms with Gasteiger partial charge in [0.2, 0.25) is 5.91 Å². The van der Waals surface area contributed by atoms with Crippen molar-refractivity contribution in [2.45, 2.75) is 37.8 Å². The monoisotopic (exact) mass is 245 g/mol. The fraction of sp³-hybridized carbons (Fsp3) is 0.533. The summed E-state index contributed by atoms with van der Waals surface area (Å²) in [6.45, 7) is 0. The van der Waals surface area contributed by atoms with Gasteiger partial charge in [-0.2, -0.15) is 0 Å². The molecule has 0 spiro atoms. The summed E-state index contributed by atoms with van der Waals surface area (Å²) in [6.07, 6.45) is 3.32. The smallest absolute Gasteiger partial charge is 0.223 e. The average Bonchev–Trinajstić information content (AvgIpc) is 2.87. The molecule has 1 aromatic carbocycles. The lowest BCUT2D eigenvalue weighted by Gasteiger charge is -2.37. The molecule has 1 heterocycles. The topological polar surface area (TPSA) is 49.3 Å². The van der Waals surface area contributed by atoms with Gasteiger partial charge in [0.25, 0.3) is 0 Å². The maximum absolute atomic E-state index is 12.0. The Morgan fingerprint density at radius 1 is 1.22 bits per heavy atom. The SMILES string of the molecule is O=C1N[C@@H](Cc2ccccc2)[C@@H](O)[C@H]2CCC[C@@H]12. The molecule has 1 saturated heterocycles. The molecule has 18 heavy (non-hydrogen) atoms. The van der Waals surface area contributed by atoms with Crippen LogP contribution in [0.15, 0.2) is 30.3 Å². The van der Waals surface area contributed by atoms with Crippen LogP contribution in [0.1, 0.15) is 24.8 Å². The van der Waals surface area contributed by atoms with E-state index < -0.39 is 6.10 Å². The Bertz CT molecular complexity index is 431. The first-order chi connectivity index (χ1) is 8.75. The van der Waals surface area contributed by atoms with Crippen molar-refractivity contribution in [3.63, 3.8) is 0 Å². The van der Waals surface area contributed by atoms with Gasteiger partial charge in [-0.05, 0) is 30.7 Å². The quantitative estimate of drug-likeness (QED) is 0.829. The van der Waals surface area contributed by atoms with E-state index in [1.165, 1.54) is 5.56 Å². The molecule has 2 N–H and O–H groups in total. The van der Waals surface area contributed by atoms with Crippen LogP contribution in [0.3, 0.4) is 0 Å². The highest BCUT2D eigenvalue weighted by Crippen LogP contribution is 2.38. The van der Waals surface area contributed by atoms with Gasteiger partial charge in [0.05, 0.1) is 12.1 Å². The number of nitrogens with one attached hydrogen (secondary N) is 1. The Hall–Kier alpha value is -1.35. The van der Waals surface area contributed by atoms with Crippen LogP contribution in [-0.2, 0) is 11.2 Å². The van der Waals surface area contributed by atoms with Crippen molar-refractivity contribution in [3.8, 4) is 0 Å².